The number of amides is 1. The summed E-state index contributed by atoms with van der Waals surface area (Å²) in [6.07, 6.45) is 1.67. The van der Waals surface area contributed by atoms with Gasteiger partial charge in [-0.2, -0.15) is 0 Å². The predicted octanol–water partition coefficient (Wildman–Crippen LogP) is 4.05. The number of carbonyl (C=O) groups excluding carboxylic acids is 1. The number of ether oxygens (including phenoxy) is 2. The Balaban J connectivity index is 1.61. The average Bonchev–Trinajstić information content (AvgIpc) is 2.76. The second kappa shape index (κ2) is 10.4. The summed E-state index contributed by atoms with van der Waals surface area (Å²) in [4.78, 5) is 16.9. The monoisotopic (exact) mass is 414 g/mol. The fourth-order valence-corrected chi connectivity index (χ4v) is 3.64. The Labute approximate surface area is 177 Å². The van der Waals surface area contributed by atoms with Crippen molar-refractivity contribution in [3.05, 3.63) is 77.3 Å². The van der Waals surface area contributed by atoms with E-state index in [9.17, 15) is 4.79 Å². The number of rotatable bonds is 8. The lowest BCUT2D eigenvalue weighted by Gasteiger charge is -2.36. The van der Waals surface area contributed by atoms with Crippen LogP contribution < -0.4 is 4.74 Å². The van der Waals surface area contributed by atoms with E-state index in [2.05, 4.69) is 17.5 Å². The minimum atomic E-state index is -0.0849. The van der Waals surface area contributed by atoms with E-state index < -0.39 is 0 Å². The number of hydrogen-bond donors (Lipinski definition) is 0. The van der Waals surface area contributed by atoms with Crippen LogP contribution in [0.4, 0.5) is 0 Å². The fourth-order valence-electron chi connectivity index (χ4n) is 3.45. The summed E-state index contributed by atoms with van der Waals surface area (Å²) >= 11 is 6.02. The number of hydrogen-bond acceptors (Lipinski definition) is 4. The van der Waals surface area contributed by atoms with Gasteiger partial charge in [-0.05, 0) is 35.9 Å². The smallest absolute Gasteiger partial charge is 0.253 e. The van der Waals surface area contributed by atoms with Gasteiger partial charge < -0.3 is 14.4 Å². The summed E-state index contributed by atoms with van der Waals surface area (Å²) in [5.41, 5.74) is 1.71. The van der Waals surface area contributed by atoms with Gasteiger partial charge in [-0.25, -0.2) is 0 Å². The molecule has 1 heterocycles. The molecule has 1 aliphatic rings. The number of halogens is 1. The molecule has 1 saturated heterocycles. The van der Waals surface area contributed by atoms with E-state index in [1.54, 1.807) is 25.3 Å². The van der Waals surface area contributed by atoms with Gasteiger partial charge in [0.1, 0.15) is 5.75 Å². The summed E-state index contributed by atoms with van der Waals surface area (Å²) in [5.74, 6) is 0.839. The second-order valence-corrected chi connectivity index (χ2v) is 7.43. The van der Waals surface area contributed by atoms with Gasteiger partial charge in [-0.1, -0.05) is 35.9 Å². The molecule has 0 radical (unpaired) electrons. The molecule has 154 valence electrons. The highest BCUT2D eigenvalue weighted by molar-refractivity contribution is 6.30. The van der Waals surface area contributed by atoms with Crippen molar-refractivity contribution in [3.63, 3.8) is 0 Å². The van der Waals surface area contributed by atoms with Crippen LogP contribution in [0.5, 0.6) is 5.75 Å². The molecular weight excluding hydrogens is 388 g/mol. The molecule has 5 nitrogen and oxygen atoms in total. The molecule has 2 aromatic rings. The maximum atomic E-state index is 12.7. The molecule has 1 fully saturated rings. The Morgan fingerprint density at radius 1 is 1.17 bits per heavy atom. The SMILES string of the molecule is C=CCOC(CN1CCN(C(=O)c2cccc(Cl)c2)CC1)c1cccc(OC)c1. The van der Waals surface area contributed by atoms with Crippen molar-refractivity contribution in [2.45, 2.75) is 6.10 Å². The first-order chi connectivity index (χ1) is 14.1. The molecule has 0 aliphatic carbocycles. The van der Waals surface area contributed by atoms with Crippen LogP contribution in [0.25, 0.3) is 0 Å². The second-order valence-electron chi connectivity index (χ2n) is 6.99. The Bertz CT molecular complexity index is 834. The van der Waals surface area contributed by atoms with Gasteiger partial charge in [0.15, 0.2) is 0 Å². The van der Waals surface area contributed by atoms with Gasteiger partial charge in [0, 0.05) is 43.3 Å². The zero-order valence-electron chi connectivity index (χ0n) is 16.7. The standard InChI is InChI=1S/C23H27ClN2O3/c1-3-14-29-22(18-6-5-9-21(16-18)28-2)17-25-10-12-26(13-11-25)23(27)19-7-4-8-20(24)15-19/h3-9,15-16,22H,1,10-14,17H2,2H3. The van der Waals surface area contributed by atoms with Crippen LogP contribution in [0.2, 0.25) is 5.02 Å². The van der Waals surface area contributed by atoms with E-state index in [0.29, 0.717) is 30.3 Å². The summed E-state index contributed by atoms with van der Waals surface area (Å²) in [6, 6.07) is 15.1. The highest BCUT2D eigenvalue weighted by Gasteiger charge is 2.25. The van der Waals surface area contributed by atoms with E-state index in [1.807, 2.05) is 35.2 Å². The van der Waals surface area contributed by atoms with Crippen molar-refractivity contribution in [2.75, 3.05) is 46.4 Å². The van der Waals surface area contributed by atoms with Crippen molar-refractivity contribution < 1.29 is 14.3 Å². The molecule has 1 aliphatic heterocycles. The van der Waals surface area contributed by atoms with E-state index in [-0.39, 0.29) is 12.0 Å². The van der Waals surface area contributed by atoms with Crippen LogP contribution in [0.1, 0.15) is 22.0 Å². The first-order valence-corrected chi connectivity index (χ1v) is 10.1. The maximum absolute atomic E-state index is 12.7. The minimum Gasteiger partial charge on any atom is -0.497 e. The van der Waals surface area contributed by atoms with Crippen molar-refractivity contribution in [2.24, 2.45) is 0 Å². The molecule has 1 atom stereocenters. The lowest BCUT2D eigenvalue weighted by molar-refractivity contribution is 0.0244. The van der Waals surface area contributed by atoms with Crippen LogP contribution in [-0.2, 0) is 4.74 Å². The highest BCUT2D eigenvalue weighted by atomic mass is 35.5. The summed E-state index contributed by atoms with van der Waals surface area (Å²) in [7, 11) is 1.66. The van der Waals surface area contributed by atoms with Gasteiger partial charge in [0.25, 0.3) is 5.91 Å². The molecule has 0 N–H and O–H groups in total. The predicted molar refractivity (Wildman–Crippen MR) is 116 cm³/mol. The normalized spacial score (nSPS) is 15.7. The Morgan fingerprint density at radius 2 is 1.93 bits per heavy atom. The summed E-state index contributed by atoms with van der Waals surface area (Å²) < 4.78 is 11.4. The number of piperazine rings is 1. The molecule has 0 bridgehead atoms. The summed E-state index contributed by atoms with van der Waals surface area (Å²) in [5, 5.41) is 0.579. The highest BCUT2D eigenvalue weighted by Crippen LogP contribution is 2.24. The van der Waals surface area contributed by atoms with Gasteiger partial charge in [0.05, 0.1) is 19.8 Å². The molecule has 3 rings (SSSR count). The van der Waals surface area contributed by atoms with Gasteiger partial charge in [-0.3, -0.25) is 9.69 Å². The Kier molecular flexibility index (Phi) is 7.69. The lowest BCUT2D eigenvalue weighted by atomic mass is 10.1. The zero-order chi connectivity index (χ0) is 20.6. The van der Waals surface area contributed by atoms with Crippen LogP contribution in [-0.4, -0.2) is 62.1 Å². The number of nitrogens with zero attached hydrogens (tertiary/aromatic N) is 2. The molecule has 0 saturated carbocycles. The third kappa shape index (κ3) is 5.82. The van der Waals surface area contributed by atoms with E-state index in [1.165, 1.54) is 0 Å². The van der Waals surface area contributed by atoms with Crippen molar-refractivity contribution in [3.8, 4) is 5.75 Å². The van der Waals surface area contributed by atoms with Crippen molar-refractivity contribution in [1.29, 1.82) is 0 Å². The van der Waals surface area contributed by atoms with Crippen LogP contribution >= 0.6 is 11.6 Å². The first-order valence-electron chi connectivity index (χ1n) is 9.74. The summed E-state index contributed by atoms with van der Waals surface area (Å²) in [6.45, 7) is 7.93. The maximum Gasteiger partial charge on any atom is 0.253 e. The average molecular weight is 415 g/mol. The third-order valence-corrected chi connectivity index (χ3v) is 5.27. The van der Waals surface area contributed by atoms with Crippen molar-refractivity contribution >= 4 is 17.5 Å². The van der Waals surface area contributed by atoms with Gasteiger partial charge in [-0.15, -0.1) is 6.58 Å². The number of benzene rings is 2. The van der Waals surface area contributed by atoms with E-state index in [4.69, 9.17) is 21.1 Å². The third-order valence-electron chi connectivity index (χ3n) is 5.04. The zero-order valence-corrected chi connectivity index (χ0v) is 17.5. The lowest BCUT2D eigenvalue weighted by Crippen LogP contribution is -2.49. The van der Waals surface area contributed by atoms with E-state index in [0.717, 1.165) is 30.9 Å². The van der Waals surface area contributed by atoms with Crippen molar-refractivity contribution in [1.82, 2.24) is 9.80 Å². The molecule has 0 aromatic heterocycles. The molecule has 0 spiro atoms. The molecule has 29 heavy (non-hydrogen) atoms. The van der Waals surface area contributed by atoms with Crippen LogP contribution in [0.15, 0.2) is 61.2 Å². The fraction of sp³-hybridized carbons (Fsp3) is 0.348. The molecule has 6 heteroatoms. The van der Waals surface area contributed by atoms with Gasteiger partial charge in [0.2, 0.25) is 0 Å². The first kappa shape index (κ1) is 21.4. The number of carbonyl (C=O) groups is 1. The Morgan fingerprint density at radius 3 is 2.62 bits per heavy atom. The van der Waals surface area contributed by atoms with Gasteiger partial charge >= 0.3 is 0 Å². The minimum absolute atomic E-state index is 0.0272. The number of methoxy groups -OCH3 is 1. The molecule has 1 amide bonds. The largest absolute Gasteiger partial charge is 0.497 e. The van der Waals surface area contributed by atoms with Crippen LogP contribution in [0, 0.1) is 0 Å². The molecule has 1 unspecified atom stereocenters. The van der Waals surface area contributed by atoms with E-state index >= 15 is 0 Å². The topological polar surface area (TPSA) is 42.0 Å². The quantitative estimate of drug-likeness (QED) is 0.611. The van der Waals surface area contributed by atoms with Crippen LogP contribution in [0.3, 0.4) is 0 Å². The Hall–Kier alpha value is -2.34. The molecule has 2 aromatic carbocycles. The molecular formula is C23H27ClN2O3.